The van der Waals surface area contributed by atoms with E-state index < -0.39 is 15.9 Å². The van der Waals surface area contributed by atoms with Crippen molar-refractivity contribution in [3.8, 4) is 23.1 Å². The number of halogens is 1. The van der Waals surface area contributed by atoms with Gasteiger partial charge in [-0.15, -0.1) is 0 Å². The van der Waals surface area contributed by atoms with E-state index in [4.69, 9.17) is 9.47 Å². The van der Waals surface area contributed by atoms with E-state index in [9.17, 15) is 17.6 Å². The summed E-state index contributed by atoms with van der Waals surface area (Å²) in [5, 5.41) is 9.34. The Balaban J connectivity index is 1.45. The van der Waals surface area contributed by atoms with Gasteiger partial charge in [-0.2, -0.15) is 15.1 Å². The number of H-pyrrole nitrogens is 1. The SMILES string of the molecule is COc1cc(NS(=O)(=O)c2ccc(NC(=O)c3cc(-c4ccc(F)cc4)n[nH]3)cc2)nc(OC)n1. The van der Waals surface area contributed by atoms with Crippen LogP contribution in [-0.2, 0) is 10.0 Å². The lowest BCUT2D eigenvalue weighted by Crippen LogP contribution is -2.15. The predicted octanol–water partition coefficient (Wildman–Crippen LogP) is 3.08. The molecule has 0 aliphatic heterocycles. The van der Waals surface area contributed by atoms with Crippen molar-refractivity contribution in [2.45, 2.75) is 4.90 Å². The number of nitrogens with one attached hydrogen (secondary N) is 3. The van der Waals surface area contributed by atoms with Crippen LogP contribution in [0, 0.1) is 5.82 Å². The van der Waals surface area contributed by atoms with Crippen molar-refractivity contribution in [3.05, 3.63) is 72.2 Å². The Morgan fingerprint density at radius 2 is 1.69 bits per heavy atom. The Labute approximate surface area is 199 Å². The van der Waals surface area contributed by atoms with Gasteiger partial charge in [0, 0.05) is 17.3 Å². The normalized spacial score (nSPS) is 11.1. The maximum Gasteiger partial charge on any atom is 0.321 e. The largest absolute Gasteiger partial charge is 0.481 e. The third-order valence-corrected chi connectivity index (χ3v) is 6.07. The maximum atomic E-state index is 13.1. The monoisotopic (exact) mass is 498 g/mol. The zero-order valence-corrected chi connectivity index (χ0v) is 19.3. The van der Waals surface area contributed by atoms with Crippen molar-refractivity contribution in [1.82, 2.24) is 20.2 Å². The molecule has 3 N–H and O–H groups in total. The van der Waals surface area contributed by atoms with Crippen LogP contribution in [0.4, 0.5) is 15.9 Å². The summed E-state index contributed by atoms with van der Waals surface area (Å²) in [6, 6.07) is 14.0. The molecule has 0 radical (unpaired) electrons. The highest BCUT2D eigenvalue weighted by Crippen LogP contribution is 2.22. The molecule has 35 heavy (non-hydrogen) atoms. The van der Waals surface area contributed by atoms with Crippen LogP contribution >= 0.6 is 0 Å². The number of hydrogen-bond acceptors (Lipinski definition) is 8. The zero-order chi connectivity index (χ0) is 25.0. The van der Waals surface area contributed by atoms with Gasteiger partial charge in [0.1, 0.15) is 11.5 Å². The van der Waals surface area contributed by atoms with Gasteiger partial charge in [-0.25, -0.2) is 12.8 Å². The molecule has 0 spiro atoms. The average molecular weight is 498 g/mol. The number of carbonyl (C=O) groups excluding carboxylic acids is 1. The number of benzene rings is 2. The smallest absolute Gasteiger partial charge is 0.321 e. The third-order valence-electron chi connectivity index (χ3n) is 4.70. The molecular weight excluding hydrogens is 479 g/mol. The summed E-state index contributed by atoms with van der Waals surface area (Å²) in [6.45, 7) is 0. The number of methoxy groups -OCH3 is 2. The van der Waals surface area contributed by atoms with Crippen LogP contribution in [-0.4, -0.2) is 48.7 Å². The molecule has 4 aromatic rings. The molecule has 0 aliphatic carbocycles. The van der Waals surface area contributed by atoms with Gasteiger partial charge >= 0.3 is 6.01 Å². The fourth-order valence-corrected chi connectivity index (χ4v) is 3.96. The number of ether oxygens (including phenoxy) is 2. The van der Waals surface area contributed by atoms with Crippen LogP contribution in [0.5, 0.6) is 11.9 Å². The van der Waals surface area contributed by atoms with E-state index in [0.717, 1.165) is 0 Å². The highest BCUT2D eigenvalue weighted by molar-refractivity contribution is 7.92. The molecule has 0 aliphatic rings. The minimum absolute atomic E-state index is 0.0396. The second kappa shape index (κ2) is 9.77. The van der Waals surface area contributed by atoms with Crippen LogP contribution in [0.25, 0.3) is 11.3 Å². The molecule has 4 rings (SSSR count). The molecule has 2 aromatic carbocycles. The number of carbonyl (C=O) groups is 1. The third kappa shape index (κ3) is 5.52. The van der Waals surface area contributed by atoms with E-state index in [2.05, 4.69) is 30.2 Å². The van der Waals surface area contributed by atoms with Crippen molar-refractivity contribution in [2.24, 2.45) is 0 Å². The molecule has 180 valence electrons. The highest BCUT2D eigenvalue weighted by Gasteiger charge is 2.18. The Morgan fingerprint density at radius 3 is 2.34 bits per heavy atom. The molecule has 0 bridgehead atoms. The number of sulfonamides is 1. The van der Waals surface area contributed by atoms with Crippen molar-refractivity contribution in [1.29, 1.82) is 0 Å². The van der Waals surface area contributed by atoms with Crippen molar-refractivity contribution < 1.29 is 27.1 Å². The Morgan fingerprint density at radius 1 is 0.971 bits per heavy atom. The van der Waals surface area contributed by atoms with Crippen LogP contribution in [0.1, 0.15) is 10.5 Å². The fraction of sp³-hybridized carbons (Fsp3) is 0.0909. The summed E-state index contributed by atoms with van der Waals surface area (Å²) in [7, 11) is -1.28. The molecule has 11 nitrogen and oxygen atoms in total. The molecule has 13 heteroatoms. The maximum absolute atomic E-state index is 13.1. The second-order valence-electron chi connectivity index (χ2n) is 7.04. The minimum Gasteiger partial charge on any atom is -0.481 e. The first-order valence-electron chi connectivity index (χ1n) is 10.00. The number of rotatable bonds is 8. The van der Waals surface area contributed by atoms with Gasteiger partial charge in [0.15, 0.2) is 5.82 Å². The van der Waals surface area contributed by atoms with Gasteiger partial charge in [0.2, 0.25) is 5.88 Å². The van der Waals surface area contributed by atoms with Crippen molar-refractivity contribution in [2.75, 3.05) is 24.3 Å². The van der Waals surface area contributed by atoms with Crippen molar-refractivity contribution in [3.63, 3.8) is 0 Å². The number of aromatic amines is 1. The van der Waals surface area contributed by atoms with Crippen LogP contribution in [0.2, 0.25) is 0 Å². The molecule has 1 amide bonds. The molecule has 0 fully saturated rings. The van der Waals surface area contributed by atoms with E-state index in [-0.39, 0.29) is 34.1 Å². The average Bonchev–Trinajstić information content (AvgIpc) is 3.35. The van der Waals surface area contributed by atoms with Crippen LogP contribution < -0.4 is 19.5 Å². The van der Waals surface area contributed by atoms with Crippen LogP contribution in [0.15, 0.2) is 65.6 Å². The Kier molecular flexibility index (Phi) is 6.59. The van der Waals surface area contributed by atoms with E-state index in [1.807, 2.05) is 0 Å². The summed E-state index contributed by atoms with van der Waals surface area (Å²) >= 11 is 0. The summed E-state index contributed by atoms with van der Waals surface area (Å²) in [5.41, 5.74) is 1.65. The topological polar surface area (TPSA) is 148 Å². The van der Waals surface area contributed by atoms with Gasteiger partial charge < -0.3 is 14.8 Å². The standard InChI is InChI=1S/C22H19FN6O5S/c1-33-20-12-19(25-22(26-20)34-2)29-35(31,32)16-9-7-15(8-10-16)24-21(30)18-11-17(27-28-18)13-3-5-14(23)6-4-13/h3-12H,1-2H3,(H,24,30)(H,27,28)(H,25,26,29). The Bertz CT molecular complexity index is 1430. The number of anilines is 2. The quantitative estimate of drug-likeness (QED) is 0.336. The van der Waals surface area contributed by atoms with E-state index in [0.29, 0.717) is 16.9 Å². The molecule has 2 heterocycles. The molecule has 0 atom stereocenters. The molecule has 0 unspecified atom stereocenters. The summed E-state index contributed by atoms with van der Waals surface area (Å²) in [4.78, 5) is 20.3. The second-order valence-corrected chi connectivity index (χ2v) is 8.72. The van der Waals surface area contributed by atoms with E-state index in [1.54, 1.807) is 12.1 Å². The first-order valence-corrected chi connectivity index (χ1v) is 11.5. The molecular formula is C22H19FN6O5S. The first-order chi connectivity index (χ1) is 16.8. The lowest BCUT2D eigenvalue weighted by atomic mass is 10.1. The number of nitrogens with zero attached hydrogens (tertiary/aromatic N) is 3. The number of aromatic nitrogens is 4. The summed E-state index contributed by atoms with van der Waals surface area (Å²) < 4.78 is 50.9. The van der Waals surface area contributed by atoms with Gasteiger partial charge in [0.25, 0.3) is 15.9 Å². The summed E-state index contributed by atoms with van der Waals surface area (Å²) in [5.74, 6) is -0.782. The minimum atomic E-state index is -4.00. The molecule has 2 aromatic heterocycles. The van der Waals surface area contributed by atoms with Gasteiger partial charge in [0.05, 0.1) is 24.8 Å². The van der Waals surface area contributed by atoms with Gasteiger partial charge in [-0.1, -0.05) is 0 Å². The summed E-state index contributed by atoms with van der Waals surface area (Å²) in [6.07, 6.45) is 0. The fourth-order valence-electron chi connectivity index (χ4n) is 2.97. The lowest BCUT2D eigenvalue weighted by molar-refractivity contribution is 0.102. The number of hydrogen-bond donors (Lipinski definition) is 3. The van der Waals surface area contributed by atoms with Gasteiger partial charge in [-0.3, -0.25) is 14.6 Å². The zero-order valence-electron chi connectivity index (χ0n) is 18.4. The molecule has 0 saturated carbocycles. The van der Waals surface area contributed by atoms with Gasteiger partial charge in [-0.05, 0) is 54.6 Å². The van der Waals surface area contributed by atoms with E-state index in [1.165, 1.54) is 62.8 Å². The highest BCUT2D eigenvalue weighted by atomic mass is 32.2. The van der Waals surface area contributed by atoms with Crippen LogP contribution in [0.3, 0.4) is 0 Å². The predicted molar refractivity (Wildman–Crippen MR) is 124 cm³/mol. The lowest BCUT2D eigenvalue weighted by Gasteiger charge is -2.10. The van der Waals surface area contributed by atoms with Crippen molar-refractivity contribution >= 4 is 27.4 Å². The first kappa shape index (κ1) is 23.6. The Hall–Kier alpha value is -4.52. The molecule has 0 saturated heterocycles. The van der Waals surface area contributed by atoms with E-state index >= 15 is 0 Å². The number of amides is 1.